The number of ether oxygens (including phenoxy) is 2. The zero-order chi connectivity index (χ0) is 21.6. The molecule has 0 fully saturated rings. The molecule has 0 radical (unpaired) electrons. The number of carbonyl (C=O) groups excluding carboxylic acids is 1. The lowest BCUT2D eigenvalue weighted by Gasteiger charge is -2.21. The highest BCUT2D eigenvalue weighted by Gasteiger charge is 2.18. The maximum atomic E-state index is 12.7. The Kier molecular flexibility index (Phi) is 7.50. The first kappa shape index (κ1) is 22.5. The Bertz CT molecular complexity index is 942. The minimum atomic E-state index is -3.36. The molecule has 0 bridgehead atoms. The monoisotopic (exact) mass is 420 g/mol. The quantitative estimate of drug-likeness (QED) is 0.672. The fourth-order valence-corrected chi connectivity index (χ4v) is 4.09. The maximum absolute atomic E-state index is 12.7. The summed E-state index contributed by atoms with van der Waals surface area (Å²) in [5.41, 5.74) is 1.89. The number of nitrogens with one attached hydrogen (secondary N) is 1. The van der Waals surface area contributed by atoms with Gasteiger partial charge in [0.05, 0.1) is 32.2 Å². The van der Waals surface area contributed by atoms with E-state index < -0.39 is 10.0 Å². The van der Waals surface area contributed by atoms with Crippen molar-refractivity contribution in [2.75, 3.05) is 31.3 Å². The van der Waals surface area contributed by atoms with Gasteiger partial charge in [-0.05, 0) is 55.3 Å². The van der Waals surface area contributed by atoms with Gasteiger partial charge in [0.1, 0.15) is 0 Å². The predicted octanol–water partition coefficient (Wildman–Crippen LogP) is 3.37. The van der Waals surface area contributed by atoms with Crippen LogP contribution in [0.5, 0.6) is 11.5 Å². The Balaban J connectivity index is 2.20. The van der Waals surface area contributed by atoms with Crippen LogP contribution in [0, 0.1) is 0 Å². The van der Waals surface area contributed by atoms with Gasteiger partial charge in [-0.15, -0.1) is 0 Å². The minimum Gasteiger partial charge on any atom is -0.493 e. The van der Waals surface area contributed by atoms with E-state index in [1.54, 1.807) is 45.4 Å². The molecule has 2 rings (SSSR count). The second-order valence-corrected chi connectivity index (χ2v) is 8.43. The van der Waals surface area contributed by atoms with Crippen LogP contribution >= 0.6 is 0 Å². The van der Waals surface area contributed by atoms with Gasteiger partial charge in [-0.2, -0.15) is 0 Å². The molecule has 0 aliphatic rings. The first-order valence-corrected chi connectivity index (χ1v) is 11.2. The number of benzene rings is 2. The van der Waals surface area contributed by atoms with Gasteiger partial charge in [-0.1, -0.05) is 13.0 Å². The summed E-state index contributed by atoms with van der Waals surface area (Å²) < 4.78 is 35.6. The molecule has 0 unspecified atom stereocenters. The lowest BCUT2D eigenvalue weighted by atomic mass is 10.0. The second kappa shape index (κ2) is 9.65. The Morgan fingerprint density at radius 1 is 1.03 bits per heavy atom. The van der Waals surface area contributed by atoms with Gasteiger partial charge in [0, 0.05) is 12.1 Å². The molecule has 0 spiro atoms. The van der Waals surface area contributed by atoms with Crippen molar-refractivity contribution in [2.24, 2.45) is 0 Å². The highest BCUT2D eigenvalue weighted by molar-refractivity contribution is 7.92. The van der Waals surface area contributed by atoms with Crippen molar-refractivity contribution in [1.29, 1.82) is 0 Å². The molecule has 29 heavy (non-hydrogen) atoms. The fraction of sp³-hybridized carbons (Fsp3) is 0.381. The van der Waals surface area contributed by atoms with Crippen LogP contribution in [0.4, 0.5) is 5.69 Å². The largest absolute Gasteiger partial charge is 0.493 e. The van der Waals surface area contributed by atoms with E-state index >= 15 is 0 Å². The molecule has 2 aromatic rings. The molecule has 7 nitrogen and oxygen atoms in total. The predicted molar refractivity (Wildman–Crippen MR) is 114 cm³/mol. The number of nitrogens with zero attached hydrogens (tertiary/aromatic N) is 1. The molecule has 158 valence electrons. The third-order valence-electron chi connectivity index (χ3n) is 4.63. The van der Waals surface area contributed by atoms with Crippen LogP contribution in [0.2, 0.25) is 0 Å². The van der Waals surface area contributed by atoms with E-state index in [4.69, 9.17) is 9.47 Å². The number of sulfonamides is 1. The number of carbonyl (C=O) groups is 1. The molecule has 0 heterocycles. The second-order valence-electron chi connectivity index (χ2n) is 6.52. The lowest BCUT2D eigenvalue weighted by molar-refractivity contribution is 0.0935. The standard InChI is InChI=1S/C21H28N2O5S/c1-6-18(16-10-13-19(27-3)20(14-16)28-4)22-21(24)15-8-11-17(12-9-15)23(7-2)29(5,25)26/h8-14,18H,6-7H2,1-5H3,(H,22,24)/t18-/m1/s1. The van der Waals surface area contributed by atoms with Crippen LogP contribution in [-0.4, -0.2) is 41.3 Å². The first-order chi connectivity index (χ1) is 13.7. The number of hydrogen-bond acceptors (Lipinski definition) is 5. The van der Waals surface area contributed by atoms with Crippen LogP contribution in [0.25, 0.3) is 0 Å². The van der Waals surface area contributed by atoms with Gasteiger partial charge < -0.3 is 14.8 Å². The van der Waals surface area contributed by atoms with Crippen molar-refractivity contribution < 1.29 is 22.7 Å². The van der Waals surface area contributed by atoms with E-state index in [1.165, 1.54) is 4.31 Å². The smallest absolute Gasteiger partial charge is 0.251 e. The molecular formula is C21H28N2O5S. The lowest BCUT2D eigenvalue weighted by Crippen LogP contribution is -2.30. The van der Waals surface area contributed by atoms with Gasteiger partial charge in [0.2, 0.25) is 10.0 Å². The van der Waals surface area contributed by atoms with Gasteiger partial charge in [-0.25, -0.2) is 8.42 Å². The van der Waals surface area contributed by atoms with E-state index in [9.17, 15) is 13.2 Å². The summed E-state index contributed by atoms with van der Waals surface area (Å²) >= 11 is 0. The van der Waals surface area contributed by atoms with Crippen LogP contribution in [0.15, 0.2) is 42.5 Å². The number of amides is 1. The minimum absolute atomic E-state index is 0.204. The summed E-state index contributed by atoms with van der Waals surface area (Å²) in [6, 6.07) is 11.9. The van der Waals surface area contributed by atoms with Gasteiger partial charge in [0.15, 0.2) is 11.5 Å². The summed E-state index contributed by atoms with van der Waals surface area (Å²) in [5.74, 6) is 0.988. The van der Waals surface area contributed by atoms with E-state index in [-0.39, 0.29) is 11.9 Å². The summed E-state index contributed by atoms with van der Waals surface area (Å²) in [6.45, 7) is 4.06. The summed E-state index contributed by atoms with van der Waals surface area (Å²) in [4.78, 5) is 12.7. The number of hydrogen-bond donors (Lipinski definition) is 1. The summed E-state index contributed by atoms with van der Waals surface area (Å²) in [5, 5.41) is 3.01. The van der Waals surface area contributed by atoms with Crippen molar-refractivity contribution >= 4 is 21.6 Å². The summed E-state index contributed by atoms with van der Waals surface area (Å²) in [7, 11) is -0.220. The molecule has 2 aromatic carbocycles. The average Bonchev–Trinajstić information content (AvgIpc) is 2.71. The molecule has 0 aliphatic carbocycles. The van der Waals surface area contributed by atoms with Crippen LogP contribution in [0.3, 0.4) is 0 Å². The van der Waals surface area contributed by atoms with Crippen LogP contribution in [-0.2, 0) is 10.0 Å². The van der Waals surface area contributed by atoms with Crippen LogP contribution in [0.1, 0.15) is 42.2 Å². The average molecular weight is 421 g/mol. The van der Waals surface area contributed by atoms with Crippen molar-refractivity contribution in [3.8, 4) is 11.5 Å². The maximum Gasteiger partial charge on any atom is 0.251 e. The van der Waals surface area contributed by atoms with Crippen molar-refractivity contribution in [3.05, 3.63) is 53.6 Å². The highest BCUT2D eigenvalue weighted by Crippen LogP contribution is 2.31. The normalized spacial score (nSPS) is 12.2. The Morgan fingerprint density at radius 2 is 1.66 bits per heavy atom. The number of methoxy groups -OCH3 is 2. The van der Waals surface area contributed by atoms with Gasteiger partial charge in [0.25, 0.3) is 5.91 Å². The first-order valence-electron chi connectivity index (χ1n) is 9.35. The topological polar surface area (TPSA) is 84.9 Å². The number of anilines is 1. The molecule has 1 N–H and O–H groups in total. The molecule has 0 aromatic heterocycles. The fourth-order valence-electron chi connectivity index (χ4n) is 3.12. The van der Waals surface area contributed by atoms with Crippen molar-refractivity contribution in [2.45, 2.75) is 26.3 Å². The van der Waals surface area contributed by atoms with E-state index in [1.807, 2.05) is 25.1 Å². The third kappa shape index (κ3) is 5.41. The Labute approximate surface area is 172 Å². The van der Waals surface area contributed by atoms with Crippen LogP contribution < -0.4 is 19.1 Å². The highest BCUT2D eigenvalue weighted by atomic mass is 32.2. The molecular weight excluding hydrogens is 392 g/mol. The molecule has 1 amide bonds. The van der Waals surface area contributed by atoms with E-state index in [0.29, 0.717) is 35.7 Å². The van der Waals surface area contributed by atoms with Crippen molar-refractivity contribution in [3.63, 3.8) is 0 Å². The zero-order valence-electron chi connectivity index (χ0n) is 17.4. The number of rotatable bonds is 9. The van der Waals surface area contributed by atoms with Crippen molar-refractivity contribution in [1.82, 2.24) is 5.32 Å². The Hall–Kier alpha value is -2.74. The summed E-state index contributed by atoms with van der Waals surface area (Å²) in [6.07, 6.45) is 1.85. The Morgan fingerprint density at radius 3 is 2.14 bits per heavy atom. The SMILES string of the molecule is CC[C@@H](NC(=O)c1ccc(N(CC)S(C)(=O)=O)cc1)c1ccc(OC)c(OC)c1. The zero-order valence-corrected chi connectivity index (χ0v) is 18.2. The molecule has 1 atom stereocenters. The van der Waals surface area contributed by atoms with Gasteiger partial charge >= 0.3 is 0 Å². The van der Waals surface area contributed by atoms with E-state index in [0.717, 1.165) is 11.8 Å². The third-order valence-corrected chi connectivity index (χ3v) is 5.90. The van der Waals surface area contributed by atoms with E-state index in [2.05, 4.69) is 5.32 Å². The molecule has 0 aliphatic heterocycles. The molecule has 8 heteroatoms. The molecule has 0 saturated carbocycles. The van der Waals surface area contributed by atoms with Gasteiger partial charge in [-0.3, -0.25) is 9.10 Å². The molecule has 0 saturated heterocycles.